The Kier molecular flexibility index (Phi) is 5.39. The van der Waals surface area contributed by atoms with Gasteiger partial charge in [0, 0.05) is 25.0 Å². The molecule has 7 heteroatoms. The van der Waals surface area contributed by atoms with Gasteiger partial charge < -0.3 is 15.4 Å². The monoisotopic (exact) mass is 372 g/mol. The number of ether oxygens (including phenoxy) is 1. The summed E-state index contributed by atoms with van der Waals surface area (Å²) in [5.74, 6) is 0.0458. The largest absolute Gasteiger partial charge is 0.444 e. The summed E-state index contributed by atoms with van der Waals surface area (Å²) in [5.41, 5.74) is 6.63. The molecule has 0 radical (unpaired) electrons. The Morgan fingerprint density at radius 1 is 1.22 bits per heavy atom. The van der Waals surface area contributed by atoms with E-state index in [4.69, 9.17) is 10.5 Å². The summed E-state index contributed by atoms with van der Waals surface area (Å²) in [5, 5.41) is 5.61. The summed E-state index contributed by atoms with van der Waals surface area (Å²) in [4.78, 5) is 25.3. The van der Waals surface area contributed by atoms with Gasteiger partial charge in [-0.05, 0) is 45.6 Å². The van der Waals surface area contributed by atoms with E-state index < -0.39 is 5.60 Å². The normalized spacial score (nSPS) is 15.9. The van der Waals surface area contributed by atoms with E-state index in [1.165, 1.54) is 0 Å². The number of carbonyl (C=O) groups excluding carboxylic acids is 2. The molecule has 1 fully saturated rings. The summed E-state index contributed by atoms with van der Waals surface area (Å²) in [6, 6.07) is 7.91. The van der Waals surface area contributed by atoms with E-state index in [2.05, 4.69) is 5.10 Å². The molecule has 2 N–H and O–H groups in total. The average Bonchev–Trinajstić information content (AvgIpc) is 2.91. The van der Waals surface area contributed by atoms with Gasteiger partial charge in [0.05, 0.1) is 17.6 Å². The SMILES string of the molecule is CC(C)(C)OC(=O)N1CCC(Cn2nc(CC(N)=O)c3ccccc32)CC1. The lowest BCUT2D eigenvalue weighted by molar-refractivity contribution is -0.117. The number of hydrogen-bond acceptors (Lipinski definition) is 4. The Morgan fingerprint density at radius 3 is 2.52 bits per heavy atom. The molecule has 146 valence electrons. The maximum absolute atomic E-state index is 12.2. The molecule has 0 atom stereocenters. The lowest BCUT2D eigenvalue weighted by Gasteiger charge is -2.33. The number of benzene rings is 1. The molecule has 7 nitrogen and oxygen atoms in total. The summed E-state index contributed by atoms with van der Waals surface area (Å²) < 4.78 is 7.43. The summed E-state index contributed by atoms with van der Waals surface area (Å²) >= 11 is 0. The number of para-hydroxylation sites is 1. The van der Waals surface area contributed by atoms with Crippen LogP contribution >= 0.6 is 0 Å². The van der Waals surface area contributed by atoms with Crippen LogP contribution < -0.4 is 5.73 Å². The third-order valence-corrected chi connectivity index (χ3v) is 4.77. The Hall–Kier alpha value is -2.57. The quantitative estimate of drug-likeness (QED) is 0.893. The maximum atomic E-state index is 12.2. The van der Waals surface area contributed by atoms with E-state index in [9.17, 15) is 9.59 Å². The zero-order valence-electron chi connectivity index (χ0n) is 16.3. The first-order valence-electron chi connectivity index (χ1n) is 9.43. The molecule has 1 saturated heterocycles. The van der Waals surface area contributed by atoms with Gasteiger partial charge >= 0.3 is 6.09 Å². The Balaban J connectivity index is 1.66. The van der Waals surface area contributed by atoms with Gasteiger partial charge in [-0.25, -0.2) is 4.79 Å². The second-order valence-corrected chi connectivity index (χ2v) is 8.20. The molecule has 0 bridgehead atoms. The molecule has 2 heterocycles. The number of amides is 2. The Morgan fingerprint density at radius 2 is 1.89 bits per heavy atom. The number of carbonyl (C=O) groups is 2. The van der Waals surface area contributed by atoms with Crippen LogP contribution in [0.2, 0.25) is 0 Å². The number of nitrogens with two attached hydrogens (primary N) is 1. The van der Waals surface area contributed by atoms with E-state index in [0.29, 0.717) is 19.0 Å². The zero-order chi connectivity index (χ0) is 19.6. The van der Waals surface area contributed by atoms with Crippen molar-refractivity contribution in [1.29, 1.82) is 0 Å². The molecule has 1 aliphatic heterocycles. The maximum Gasteiger partial charge on any atom is 0.410 e. The van der Waals surface area contributed by atoms with E-state index >= 15 is 0 Å². The molecule has 3 rings (SSSR count). The van der Waals surface area contributed by atoms with Crippen LogP contribution in [-0.2, 0) is 22.5 Å². The lowest BCUT2D eigenvalue weighted by atomic mass is 9.97. The van der Waals surface area contributed by atoms with Crippen LogP contribution in [0, 0.1) is 5.92 Å². The number of likely N-dealkylation sites (tertiary alicyclic amines) is 1. The van der Waals surface area contributed by atoms with Gasteiger partial charge in [0.15, 0.2) is 0 Å². The fourth-order valence-corrected chi connectivity index (χ4v) is 3.50. The van der Waals surface area contributed by atoms with Gasteiger partial charge in [-0.15, -0.1) is 0 Å². The van der Waals surface area contributed by atoms with Crippen molar-refractivity contribution in [3.05, 3.63) is 30.0 Å². The topological polar surface area (TPSA) is 90.4 Å². The highest BCUT2D eigenvalue weighted by Crippen LogP contribution is 2.24. The van der Waals surface area contributed by atoms with Gasteiger partial charge in [0.1, 0.15) is 5.60 Å². The zero-order valence-corrected chi connectivity index (χ0v) is 16.3. The number of piperidine rings is 1. The highest BCUT2D eigenvalue weighted by atomic mass is 16.6. The van der Waals surface area contributed by atoms with Crippen molar-refractivity contribution in [3.63, 3.8) is 0 Å². The van der Waals surface area contributed by atoms with Crippen LogP contribution in [0.4, 0.5) is 4.79 Å². The van der Waals surface area contributed by atoms with Crippen molar-refractivity contribution in [1.82, 2.24) is 14.7 Å². The summed E-state index contributed by atoms with van der Waals surface area (Å²) in [6.07, 6.45) is 1.70. The smallest absolute Gasteiger partial charge is 0.410 e. The Bertz CT molecular complexity index is 829. The molecule has 0 saturated carbocycles. The fraction of sp³-hybridized carbons (Fsp3) is 0.550. The van der Waals surface area contributed by atoms with E-state index in [1.807, 2.05) is 49.7 Å². The average molecular weight is 372 g/mol. The lowest BCUT2D eigenvalue weighted by Crippen LogP contribution is -2.42. The molecule has 0 aliphatic carbocycles. The molecule has 0 spiro atoms. The fourth-order valence-electron chi connectivity index (χ4n) is 3.50. The van der Waals surface area contributed by atoms with Crippen LogP contribution in [-0.4, -0.2) is 45.4 Å². The van der Waals surface area contributed by atoms with Crippen LogP contribution in [0.15, 0.2) is 24.3 Å². The molecular weight excluding hydrogens is 344 g/mol. The molecule has 0 unspecified atom stereocenters. The number of primary amides is 1. The van der Waals surface area contributed by atoms with Crippen LogP contribution in [0.3, 0.4) is 0 Å². The van der Waals surface area contributed by atoms with Crippen molar-refractivity contribution in [2.75, 3.05) is 13.1 Å². The van der Waals surface area contributed by atoms with Gasteiger partial charge in [0.25, 0.3) is 0 Å². The molecule has 1 aromatic heterocycles. The van der Waals surface area contributed by atoms with Crippen LogP contribution in [0.25, 0.3) is 10.9 Å². The molecule has 2 amide bonds. The van der Waals surface area contributed by atoms with Crippen molar-refractivity contribution in [2.24, 2.45) is 11.7 Å². The van der Waals surface area contributed by atoms with Gasteiger partial charge in [0.2, 0.25) is 5.91 Å². The van der Waals surface area contributed by atoms with Crippen molar-refractivity contribution < 1.29 is 14.3 Å². The minimum absolute atomic E-state index is 0.143. The first-order valence-corrected chi connectivity index (χ1v) is 9.43. The first kappa shape index (κ1) is 19.2. The summed E-state index contributed by atoms with van der Waals surface area (Å²) in [6.45, 7) is 7.78. The highest BCUT2D eigenvalue weighted by Gasteiger charge is 2.27. The second-order valence-electron chi connectivity index (χ2n) is 8.20. The third-order valence-electron chi connectivity index (χ3n) is 4.77. The highest BCUT2D eigenvalue weighted by molar-refractivity contribution is 5.87. The number of aromatic nitrogens is 2. The van der Waals surface area contributed by atoms with Crippen LogP contribution in [0.1, 0.15) is 39.3 Å². The van der Waals surface area contributed by atoms with Gasteiger partial charge in [-0.2, -0.15) is 5.10 Å². The predicted molar refractivity (Wildman–Crippen MR) is 103 cm³/mol. The number of fused-ring (bicyclic) bond motifs is 1. The molecule has 27 heavy (non-hydrogen) atoms. The molecule has 1 aromatic carbocycles. The predicted octanol–water partition coefficient (Wildman–Crippen LogP) is 2.71. The van der Waals surface area contributed by atoms with Crippen molar-refractivity contribution in [2.45, 2.75) is 52.2 Å². The van der Waals surface area contributed by atoms with E-state index in [1.54, 1.807) is 4.90 Å². The Labute approximate surface area is 159 Å². The number of rotatable bonds is 4. The van der Waals surface area contributed by atoms with Gasteiger partial charge in [-0.3, -0.25) is 9.48 Å². The van der Waals surface area contributed by atoms with E-state index in [0.717, 1.165) is 36.0 Å². The number of nitrogens with zero attached hydrogens (tertiary/aromatic N) is 3. The minimum Gasteiger partial charge on any atom is -0.444 e. The van der Waals surface area contributed by atoms with Gasteiger partial charge in [-0.1, -0.05) is 18.2 Å². The second kappa shape index (κ2) is 7.58. The van der Waals surface area contributed by atoms with E-state index in [-0.39, 0.29) is 18.4 Å². The molecule has 1 aliphatic rings. The number of hydrogen-bond donors (Lipinski definition) is 1. The standard InChI is InChI=1S/C20H28N4O3/c1-20(2,3)27-19(26)23-10-8-14(9-11-23)13-24-17-7-5-4-6-15(17)16(22-24)12-18(21)25/h4-7,14H,8-13H2,1-3H3,(H2,21,25). The van der Waals surface area contributed by atoms with Crippen molar-refractivity contribution in [3.8, 4) is 0 Å². The summed E-state index contributed by atoms with van der Waals surface area (Å²) in [7, 11) is 0. The minimum atomic E-state index is -0.473. The van der Waals surface area contributed by atoms with Crippen molar-refractivity contribution >= 4 is 22.9 Å². The molecule has 2 aromatic rings. The first-order chi connectivity index (χ1) is 12.7. The van der Waals surface area contributed by atoms with Crippen LogP contribution in [0.5, 0.6) is 0 Å². The molecular formula is C20H28N4O3. The third kappa shape index (κ3) is 4.78.